The van der Waals surface area contributed by atoms with E-state index in [1.54, 1.807) is 24.3 Å². The molecule has 2 aromatic carbocycles. The van der Waals surface area contributed by atoms with Crippen molar-refractivity contribution < 1.29 is 19.1 Å². The van der Waals surface area contributed by atoms with Crippen molar-refractivity contribution in [3.05, 3.63) is 59.2 Å². The Bertz CT molecular complexity index is 1020. The van der Waals surface area contributed by atoms with Gasteiger partial charge in [0, 0.05) is 30.4 Å². The number of rotatable bonds is 12. The number of carbonyl (C=O) groups excluding carboxylic acids is 3. The van der Waals surface area contributed by atoms with E-state index in [2.05, 4.69) is 15.5 Å². The molecule has 0 aromatic heterocycles. The Morgan fingerprint density at radius 3 is 2.56 bits per heavy atom. The van der Waals surface area contributed by atoms with E-state index in [4.69, 9.17) is 4.74 Å². The lowest BCUT2D eigenvalue weighted by Crippen LogP contribution is -2.37. The van der Waals surface area contributed by atoms with E-state index < -0.39 is 0 Å². The predicted molar refractivity (Wildman–Crippen MR) is 134 cm³/mol. The van der Waals surface area contributed by atoms with Crippen LogP contribution in [0.25, 0.3) is 0 Å². The molecule has 0 saturated heterocycles. The smallest absolute Gasteiger partial charge is 0.338 e. The van der Waals surface area contributed by atoms with Crippen molar-refractivity contribution in [3.8, 4) is 0 Å². The highest BCUT2D eigenvalue weighted by molar-refractivity contribution is 5.95. The van der Waals surface area contributed by atoms with Crippen LogP contribution in [-0.4, -0.2) is 48.4 Å². The second-order valence-corrected chi connectivity index (χ2v) is 8.94. The van der Waals surface area contributed by atoms with E-state index in [9.17, 15) is 14.4 Å². The quantitative estimate of drug-likeness (QED) is 0.351. The van der Waals surface area contributed by atoms with Crippen LogP contribution >= 0.6 is 0 Å². The Kier molecular flexibility index (Phi) is 9.22. The summed E-state index contributed by atoms with van der Waals surface area (Å²) in [6, 6.07) is 13.1. The zero-order valence-electron chi connectivity index (χ0n) is 20.4. The van der Waals surface area contributed by atoms with Gasteiger partial charge in [-0.3, -0.25) is 14.5 Å². The highest BCUT2D eigenvalue weighted by Crippen LogP contribution is 2.27. The molecule has 2 N–H and O–H groups in total. The molecule has 182 valence electrons. The molecule has 1 aliphatic carbocycles. The molecule has 0 heterocycles. The first kappa shape index (κ1) is 25.4. The monoisotopic (exact) mass is 465 g/mol. The summed E-state index contributed by atoms with van der Waals surface area (Å²) in [5.41, 5.74) is 3.91. The van der Waals surface area contributed by atoms with Crippen molar-refractivity contribution in [2.24, 2.45) is 0 Å². The largest absolute Gasteiger partial charge is 0.462 e. The van der Waals surface area contributed by atoms with Crippen molar-refractivity contribution in [2.75, 3.05) is 30.3 Å². The molecule has 1 saturated carbocycles. The van der Waals surface area contributed by atoms with Gasteiger partial charge in [0.15, 0.2) is 0 Å². The summed E-state index contributed by atoms with van der Waals surface area (Å²) in [6.45, 7) is 7.14. The minimum Gasteiger partial charge on any atom is -0.462 e. The van der Waals surface area contributed by atoms with E-state index in [0.717, 1.165) is 42.5 Å². The highest BCUT2D eigenvalue weighted by atomic mass is 16.5. The second-order valence-electron chi connectivity index (χ2n) is 8.94. The summed E-state index contributed by atoms with van der Waals surface area (Å²) in [6.07, 6.45) is 4.12. The molecule has 2 amide bonds. The zero-order valence-corrected chi connectivity index (χ0v) is 20.4. The van der Waals surface area contributed by atoms with Gasteiger partial charge in [0.25, 0.3) is 0 Å². The van der Waals surface area contributed by atoms with Crippen LogP contribution in [0.3, 0.4) is 0 Å². The van der Waals surface area contributed by atoms with Gasteiger partial charge in [0.2, 0.25) is 11.8 Å². The number of esters is 1. The normalized spacial score (nSPS) is 12.9. The van der Waals surface area contributed by atoms with Crippen molar-refractivity contribution in [3.63, 3.8) is 0 Å². The lowest BCUT2D eigenvalue weighted by molar-refractivity contribution is -0.119. The minimum atomic E-state index is -0.390. The summed E-state index contributed by atoms with van der Waals surface area (Å²) < 4.78 is 5.24. The molecular weight excluding hydrogens is 430 g/mol. The summed E-state index contributed by atoms with van der Waals surface area (Å²) in [5, 5.41) is 5.85. The maximum absolute atomic E-state index is 12.7. The number of aryl methyl sites for hydroxylation is 2. The number of nitrogens with one attached hydrogen (secondary N) is 2. The molecule has 1 fully saturated rings. The number of hydrogen-bond donors (Lipinski definition) is 2. The Morgan fingerprint density at radius 2 is 1.82 bits per heavy atom. The summed E-state index contributed by atoms with van der Waals surface area (Å²) in [4.78, 5) is 39.4. The van der Waals surface area contributed by atoms with Gasteiger partial charge in [-0.1, -0.05) is 31.5 Å². The average Bonchev–Trinajstić information content (AvgIpc) is 3.65. The van der Waals surface area contributed by atoms with Crippen LogP contribution in [0.5, 0.6) is 0 Å². The fourth-order valence-corrected chi connectivity index (χ4v) is 3.66. The van der Waals surface area contributed by atoms with Gasteiger partial charge in [0.1, 0.15) is 0 Å². The molecule has 1 aliphatic rings. The third kappa shape index (κ3) is 7.99. The van der Waals surface area contributed by atoms with Crippen molar-refractivity contribution in [1.29, 1.82) is 0 Å². The van der Waals surface area contributed by atoms with Gasteiger partial charge in [-0.25, -0.2) is 4.79 Å². The molecule has 3 rings (SSSR count). The first-order valence-corrected chi connectivity index (χ1v) is 12.0. The average molecular weight is 466 g/mol. The van der Waals surface area contributed by atoms with E-state index in [1.165, 1.54) is 0 Å². The Labute approximate surface area is 201 Å². The first-order valence-electron chi connectivity index (χ1n) is 12.0. The van der Waals surface area contributed by atoms with Crippen LogP contribution < -0.4 is 10.6 Å². The SMILES string of the molecule is CCCCOC(=O)c1cccc(NC(=O)CCN(CC(=O)Nc2cc(C)ccc2C)C2CC2)c1. The second kappa shape index (κ2) is 12.3. The van der Waals surface area contributed by atoms with Crippen molar-refractivity contribution >= 4 is 29.2 Å². The number of benzene rings is 2. The molecule has 0 atom stereocenters. The van der Waals surface area contributed by atoms with Crippen molar-refractivity contribution in [1.82, 2.24) is 4.90 Å². The molecule has 34 heavy (non-hydrogen) atoms. The standard InChI is InChI=1S/C27H35N3O4/c1-4-5-15-34-27(33)21-7-6-8-22(17-21)28-25(31)13-14-30(23-11-12-23)18-26(32)29-24-16-19(2)9-10-20(24)3/h6-10,16-17,23H,4-5,11-15,18H2,1-3H3,(H,28,31)(H,29,32). The lowest BCUT2D eigenvalue weighted by Gasteiger charge is -2.21. The Hall–Kier alpha value is -3.19. The molecule has 0 aliphatic heterocycles. The van der Waals surface area contributed by atoms with E-state index in [1.807, 2.05) is 39.0 Å². The Morgan fingerprint density at radius 1 is 1.03 bits per heavy atom. The van der Waals surface area contributed by atoms with Crippen molar-refractivity contribution in [2.45, 2.75) is 58.9 Å². The molecule has 0 unspecified atom stereocenters. The number of carbonyl (C=O) groups is 3. The molecule has 2 aromatic rings. The van der Waals surface area contributed by atoms with Crippen LogP contribution in [0, 0.1) is 13.8 Å². The third-order valence-electron chi connectivity index (χ3n) is 5.82. The number of nitrogens with zero attached hydrogens (tertiary/aromatic N) is 1. The fourth-order valence-electron chi connectivity index (χ4n) is 3.66. The summed E-state index contributed by atoms with van der Waals surface area (Å²) in [5.74, 6) is -0.619. The van der Waals surface area contributed by atoms with Crippen LogP contribution in [0.15, 0.2) is 42.5 Å². The molecule has 0 bridgehead atoms. The minimum absolute atomic E-state index is 0.0738. The summed E-state index contributed by atoms with van der Waals surface area (Å²) in [7, 11) is 0. The number of unbranched alkanes of at least 4 members (excludes halogenated alkanes) is 1. The van der Waals surface area contributed by atoms with Gasteiger partial charge >= 0.3 is 5.97 Å². The van der Waals surface area contributed by atoms with E-state index in [-0.39, 0.29) is 30.7 Å². The number of anilines is 2. The maximum Gasteiger partial charge on any atom is 0.338 e. The molecule has 0 spiro atoms. The topological polar surface area (TPSA) is 87.7 Å². The number of amides is 2. The molecule has 7 nitrogen and oxygen atoms in total. The molecule has 0 radical (unpaired) electrons. The van der Waals surface area contributed by atoms with Gasteiger partial charge in [-0.2, -0.15) is 0 Å². The summed E-state index contributed by atoms with van der Waals surface area (Å²) >= 11 is 0. The third-order valence-corrected chi connectivity index (χ3v) is 5.82. The molecule has 7 heteroatoms. The predicted octanol–water partition coefficient (Wildman–Crippen LogP) is 4.69. The van der Waals surface area contributed by atoms with Crippen LogP contribution in [0.1, 0.15) is 60.5 Å². The van der Waals surface area contributed by atoms with Crippen LogP contribution in [0.2, 0.25) is 0 Å². The van der Waals surface area contributed by atoms with E-state index >= 15 is 0 Å². The zero-order chi connectivity index (χ0) is 24.5. The van der Waals surface area contributed by atoms with Crippen LogP contribution in [-0.2, 0) is 14.3 Å². The van der Waals surface area contributed by atoms with Crippen LogP contribution in [0.4, 0.5) is 11.4 Å². The first-order chi connectivity index (χ1) is 16.4. The maximum atomic E-state index is 12.7. The Balaban J connectivity index is 1.49. The lowest BCUT2D eigenvalue weighted by atomic mass is 10.1. The van der Waals surface area contributed by atoms with Gasteiger partial charge in [0.05, 0.1) is 18.7 Å². The van der Waals surface area contributed by atoms with Gasteiger partial charge in [-0.15, -0.1) is 0 Å². The fraction of sp³-hybridized carbons (Fsp3) is 0.444. The van der Waals surface area contributed by atoms with E-state index in [0.29, 0.717) is 30.4 Å². The molecular formula is C27H35N3O4. The van der Waals surface area contributed by atoms with Gasteiger partial charge < -0.3 is 15.4 Å². The number of ether oxygens (including phenoxy) is 1. The number of hydrogen-bond acceptors (Lipinski definition) is 5. The van der Waals surface area contributed by atoms with Gasteiger partial charge in [-0.05, 0) is 68.5 Å². The highest BCUT2D eigenvalue weighted by Gasteiger charge is 2.30.